The molecule has 0 saturated carbocycles. The third-order valence-corrected chi connectivity index (χ3v) is 6.85. The molecule has 1 atom stereocenters. The molecule has 2 aliphatic heterocycles. The van der Waals surface area contributed by atoms with Crippen LogP contribution in [0.5, 0.6) is 0 Å². The van der Waals surface area contributed by atoms with Crippen molar-refractivity contribution in [2.24, 2.45) is 0 Å². The molecular weight excluding hydrogens is 360 g/mol. The van der Waals surface area contributed by atoms with Gasteiger partial charge < -0.3 is 14.9 Å². The van der Waals surface area contributed by atoms with Crippen LogP contribution in [0.15, 0.2) is 30.3 Å². The van der Waals surface area contributed by atoms with Gasteiger partial charge in [0.25, 0.3) is 0 Å². The van der Waals surface area contributed by atoms with Gasteiger partial charge in [-0.25, -0.2) is 0 Å². The summed E-state index contributed by atoms with van der Waals surface area (Å²) in [5, 5.41) is 11.0. The van der Waals surface area contributed by atoms with E-state index in [2.05, 4.69) is 65.8 Å². The van der Waals surface area contributed by atoms with Crippen molar-refractivity contribution in [3.8, 4) is 0 Å². The van der Waals surface area contributed by atoms with Crippen molar-refractivity contribution in [2.75, 3.05) is 44.2 Å². The van der Waals surface area contributed by atoms with Crippen LogP contribution in [0.3, 0.4) is 0 Å². The van der Waals surface area contributed by atoms with Crippen molar-refractivity contribution < 1.29 is 5.11 Å². The van der Waals surface area contributed by atoms with Gasteiger partial charge in [-0.2, -0.15) is 0 Å². The molecular formula is C24H36N4O. The average Bonchev–Trinajstić information content (AvgIpc) is 2.73. The number of hydrogen-bond acceptors (Lipinski definition) is 5. The molecule has 2 aliphatic rings. The Kier molecular flexibility index (Phi) is 6.38. The summed E-state index contributed by atoms with van der Waals surface area (Å²) in [6, 6.07) is 12.4. The Hall–Kier alpha value is -1.69. The second-order valence-corrected chi connectivity index (χ2v) is 9.01. The molecule has 0 radical (unpaired) electrons. The standard InChI is InChI=1S/C24H36N4O/c1-18(2)26-11-8-20(9-12-26)28-14-13-27(17-21(28)10-15-29)24-16-19(3)25-23-7-5-4-6-22(23)24/h4-7,16,18,20-21,29H,8-15,17H2,1-3H3/t21-/m1/s1. The Balaban J connectivity index is 1.52. The third kappa shape index (κ3) is 4.42. The van der Waals surface area contributed by atoms with Crippen LogP contribution >= 0.6 is 0 Å². The van der Waals surface area contributed by atoms with Crippen LogP contribution in [-0.2, 0) is 0 Å². The lowest BCUT2D eigenvalue weighted by molar-refractivity contribution is 0.0464. The van der Waals surface area contributed by atoms with E-state index in [0.29, 0.717) is 18.1 Å². The fraction of sp³-hybridized carbons (Fsp3) is 0.625. The highest BCUT2D eigenvalue weighted by Gasteiger charge is 2.34. The number of para-hydroxylation sites is 1. The molecule has 29 heavy (non-hydrogen) atoms. The largest absolute Gasteiger partial charge is 0.396 e. The molecule has 4 rings (SSSR count). The smallest absolute Gasteiger partial charge is 0.0726 e. The number of aryl methyl sites for hydroxylation is 1. The van der Waals surface area contributed by atoms with E-state index in [1.165, 1.54) is 37.0 Å². The quantitative estimate of drug-likeness (QED) is 0.840. The fourth-order valence-corrected chi connectivity index (χ4v) is 5.26. The van der Waals surface area contributed by atoms with Crippen molar-refractivity contribution in [2.45, 2.75) is 58.2 Å². The van der Waals surface area contributed by atoms with Crippen LogP contribution in [0.25, 0.3) is 10.9 Å². The number of aliphatic hydroxyl groups is 1. The highest BCUT2D eigenvalue weighted by Crippen LogP contribution is 2.31. The van der Waals surface area contributed by atoms with E-state index in [1.54, 1.807) is 0 Å². The van der Waals surface area contributed by atoms with Gasteiger partial charge in [-0.3, -0.25) is 9.88 Å². The minimum Gasteiger partial charge on any atom is -0.396 e. The molecule has 1 aromatic heterocycles. The van der Waals surface area contributed by atoms with Gasteiger partial charge in [0.15, 0.2) is 0 Å². The lowest BCUT2D eigenvalue weighted by atomic mass is 9.97. The maximum absolute atomic E-state index is 9.76. The Morgan fingerprint density at radius 1 is 1.10 bits per heavy atom. The molecule has 158 valence electrons. The summed E-state index contributed by atoms with van der Waals surface area (Å²) in [5.74, 6) is 0. The first-order valence-corrected chi connectivity index (χ1v) is 11.3. The number of piperazine rings is 1. The SMILES string of the molecule is Cc1cc(N2CCN(C3CCN(C(C)C)CC3)[C@H](CCO)C2)c2ccccc2n1. The van der Waals surface area contributed by atoms with E-state index in [1.807, 2.05) is 0 Å². The molecule has 3 heterocycles. The zero-order valence-electron chi connectivity index (χ0n) is 18.2. The minimum atomic E-state index is 0.260. The lowest BCUT2D eigenvalue weighted by Crippen LogP contribution is -2.59. The van der Waals surface area contributed by atoms with Gasteiger partial charge in [-0.1, -0.05) is 18.2 Å². The molecule has 1 N–H and O–H groups in total. The van der Waals surface area contributed by atoms with Crippen molar-refractivity contribution >= 4 is 16.6 Å². The average molecular weight is 397 g/mol. The summed E-state index contributed by atoms with van der Waals surface area (Å²) in [5.41, 5.74) is 3.44. The highest BCUT2D eigenvalue weighted by molar-refractivity contribution is 5.92. The molecule has 0 aliphatic carbocycles. The van der Waals surface area contributed by atoms with Crippen LogP contribution in [0.1, 0.15) is 38.8 Å². The molecule has 5 heteroatoms. The maximum atomic E-state index is 9.76. The normalized spacial score (nSPS) is 22.7. The lowest BCUT2D eigenvalue weighted by Gasteiger charge is -2.48. The molecule has 0 bridgehead atoms. The minimum absolute atomic E-state index is 0.260. The Labute approximate surface area is 175 Å². The topological polar surface area (TPSA) is 42.8 Å². The van der Waals surface area contributed by atoms with E-state index in [9.17, 15) is 5.11 Å². The molecule has 2 fully saturated rings. The van der Waals surface area contributed by atoms with E-state index < -0.39 is 0 Å². The first-order valence-electron chi connectivity index (χ1n) is 11.3. The summed E-state index contributed by atoms with van der Waals surface area (Å²) >= 11 is 0. The van der Waals surface area contributed by atoms with Gasteiger partial charge in [-0.05, 0) is 65.3 Å². The number of piperidine rings is 1. The summed E-state index contributed by atoms with van der Waals surface area (Å²) < 4.78 is 0. The molecule has 0 spiro atoms. The van der Waals surface area contributed by atoms with Gasteiger partial charge >= 0.3 is 0 Å². The van der Waals surface area contributed by atoms with Crippen LogP contribution in [0.2, 0.25) is 0 Å². The summed E-state index contributed by atoms with van der Waals surface area (Å²) in [7, 11) is 0. The molecule has 0 amide bonds. The maximum Gasteiger partial charge on any atom is 0.0726 e. The number of benzene rings is 1. The molecule has 5 nitrogen and oxygen atoms in total. The number of pyridine rings is 1. The molecule has 2 saturated heterocycles. The van der Waals surface area contributed by atoms with Gasteiger partial charge in [-0.15, -0.1) is 0 Å². The zero-order valence-corrected chi connectivity index (χ0v) is 18.2. The van der Waals surface area contributed by atoms with Crippen LogP contribution in [0, 0.1) is 6.92 Å². The fourth-order valence-electron chi connectivity index (χ4n) is 5.26. The number of fused-ring (bicyclic) bond motifs is 1. The summed E-state index contributed by atoms with van der Waals surface area (Å²) in [4.78, 5) is 12.5. The first-order chi connectivity index (χ1) is 14.1. The van der Waals surface area contributed by atoms with Crippen molar-refractivity contribution in [3.05, 3.63) is 36.0 Å². The van der Waals surface area contributed by atoms with Gasteiger partial charge in [0, 0.05) is 61.1 Å². The Morgan fingerprint density at radius 2 is 1.86 bits per heavy atom. The van der Waals surface area contributed by atoms with Crippen LogP contribution < -0.4 is 4.90 Å². The van der Waals surface area contributed by atoms with Crippen molar-refractivity contribution in [1.29, 1.82) is 0 Å². The predicted molar refractivity (Wildman–Crippen MR) is 121 cm³/mol. The summed E-state index contributed by atoms with van der Waals surface area (Å²) in [6.07, 6.45) is 3.34. The highest BCUT2D eigenvalue weighted by atomic mass is 16.3. The molecule has 2 aromatic rings. The van der Waals surface area contributed by atoms with E-state index >= 15 is 0 Å². The van der Waals surface area contributed by atoms with E-state index in [4.69, 9.17) is 4.98 Å². The number of rotatable bonds is 5. The van der Waals surface area contributed by atoms with Crippen molar-refractivity contribution in [1.82, 2.24) is 14.8 Å². The number of likely N-dealkylation sites (tertiary alicyclic amines) is 1. The third-order valence-electron chi connectivity index (χ3n) is 6.85. The molecule has 1 aromatic carbocycles. The zero-order chi connectivity index (χ0) is 20.4. The van der Waals surface area contributed by atoms with Crippen LogP contribution in [0.4, 0.5) is 5.69 Å². The number of nitrogens with zero attached hydrogens (tertiary/aromatic N) is 4. The monoisotopic (exact) mass is 396 g/mol. The Bertz CT molecular complexity index is 816. The van der Waals surface area contributed by atoms with Crippen molar-refractivity contribution in [3.63, 3.8) is 0 Å². The van der Waals surface area contributed by atoms with E-state index in [-0.39, 0.29) is 6.61 Å². The van der Waals surface area contributed by atoms with Gasteiger partial charge in [0.05, 0.1) is 5.52 Å². The number of aromatic nitrogens is 1. The number of anilines is 1. The molecule has 0 unspecified atom stereocenters. The first kappa shape index (κ1) is 20.6. The van der Waals surface area contributed by atoms with Crippen LogP contribution in [-0.4, -0.2) is 77.3 Å². The van der Waals surface area contributed by atoms with Gasteiger partial charge in [0.2, 0.25) is 0 Å². The summed E-state index contributed by atoms with van der Waals surface area (Å²) in [6.45, 7) is 12.4. The van der Waals surface area contributed by atoms with Gasteiger partial charge in [0.1, 0.15) is 0 Å². The Morgan fingerprint density at radius 3 is 2.59 bits per heavy atom. The second kappa shape index (κ2) is 8.99. The van der Waals surface area contributed by atoms with E-state index in [0.717, 1.165) is 37.3 Å². The second-order valence-electron chi connectivity index (χ2n) is 9.01. The number of aliphatic hydroxyl groups excluding tert-OH is 1. The number of hydrogen-bond donors (Lipinski definition) is 1. The predicted octanol–water partition coefficient (Wildman–Crippen LogP) is 3.29.